The van der Waals surface area contributed by atoms with Crippen LogP contribution in [0.25, 0.3) is 0 Å². The number of fused-ring (bicyclic) bond motifs is 9. The summed E-state index contributed by atoms with van der Waals surface area (Å²) >= 11 is 0. The van der Waals surface area contributed by atoms with E-state index in [1.807, 2.05) is 0 Å². The molecular weight excluding hydrogens is 246 g/mol. The van der Waals surface area contributed by atoms with E-state index in [0.29, 0.717) is 6.04 Å². The largest absolute Gasteiger partial charge is 0.323 e. The van der Waals surface area contributed by atoms with Crippen LogP contribution < -0.4 is 16.4 Å². The molecule has 3 heterocycles. The summed E-state index contributed by atoms with van der Waals surface area (Å²) in [6.45, 7) is 7.75. The Labute approximate surface area is 125 Å². The second kappa shape index (κ2) is 7.77. The summed E-state index contributed by atoms with van der Waals surface area (Å²) < 4.78 is 0. The summed E-state index contributed by atoms with van der Waals surface area (Å²) in [7, 11) is 0. The highest BCUT2D eigenvalue weighted by Crippen LogP contribution is 2.30. The normalized spacial score (nSPS) is 40.0. The van der Waals surface area contributed by atoms with Crippen molar-refractivity contribution in [3.8, 4) is 0 Å². The molecule has 0 spiro atoms. The molecule has 20 heavy (non-hydrogen) atoms. The highest BCUT2D eigenvalue weighted by Gasteiger charge is 2.37. The fourth-order valence-electron chi connectivity index (χ4n) is 4.25. The monoisotopic (exact) mass is 281 g/mol. The van der Waals surface area contributed by atoms with Crippen molar-refractivity contribution in [1.82, 2.24) is 10.6 Å². The van der Waals surface area contributed by atoms with Crippen LogP contribution in [0.4, 0.5) is 0 Å². The number of hydrogen-bond donors (Lipinski definition) is 3. The first-order valence-corrected chi connectivity index (χ1v) is 8.90. The first-order chi connectivity index (χ1) is 9.67. The van der Waals surface area contributed by atoms with Crippen LogP contribution in [0.15, 0.2) is 0 Å². The van der Waals surface area contributed by atoms with Crippen LogP contribution in [0, 0.1) is 11.8 Å². The first kappa shape index (κ1) is 16.3. The molecule has 0 aromatic heterocycles. The summed E-state index contributed by atoms with van der Waals surface area (Å²) in [4.78, 5) is 0. The minimum Gasteiger partial charge on any atom is -0.323 e. The average Bonchev–Trinajstić information content (AvgIpc) is 2.43. The fourth-order valence-corrected chi connectivity index (χ4v) is 4.25. The third-order valence-corrected chi connectivity index (χ3v) is 5.50. The van der Waals surface area contributed by atoms with Crippen molar-refractivity contribution in [3.63, 3.8) is 0 Å². The van der Waals surface area contributed by atoms with Gasteiger partial charge in [0.25, 0.3) is 0 Å². The highest BCUT2D eigenvalue weighted by molar-refractivity contribution is 4.99. The lowest BCUT2D eigenvalue weighted by molar-refractivity contribution is 0.161. The summed E-state index contributed by atoms with van der Waals surface area (Å²) in [5.74, 6) is 1.70. The Morgan fingerprint density at radius 3 is 2.75 bits per heavy atom. The molecule has 118 valence electrons. The van der Waals surface area contributed by atoms with Gasteiger partial charge in [0, 0.05) is 24.7 Å². The van der Waals surface area contributed by atoms with Gasteiger partial charge < -0.3 is 16.4 Å². The van der Waals surface area contributed by atoms with Crippen molar-refractivity contribution >= 4 is 0 Å². The molecule has 0 radical (unpaired) electrons. The predicted octanol–water partition coefficient (Wildman–Crippen LogP) is 2.65. The second-order valence-corrected chi connectivity index (χ2v) is 7.27. The van der Waals surface area contributed by atoms with Crippen molar-refractivity contribution in [2.75, 3.05) is 19.6 Å². The SMILES string of the molecule is CCCC1CCCNCC2(N)CNC(CC1)C(CC)C2. The molecule has 0 aromatic carbocycles. The van der Waals surface area contributed by atoms with Crippen LogP contribution in [-0.4, -0.2) is 31.2 Å². The second-order valence-electron chi connectivity index (χ2n) is 7.27. The molecule has 0 amide bonds. The summed E-state index contributed by atoms with van der Waals surface area (Å²) in [6.07, 6.45) is 10.6. The molecule has 4 atom stereocenters. The number of nitrogens with two attached hydrogens (primary N) is 1. The molecule has 4 N–H and O–H groups in total. The molecule has 4 unspecified atom stereocenters. The third kappa shape index (κ3) is 4.44. The Hall–Kier alpha value is -0.120. The van der Waals surface area contributed by atoms with Crippen molar-refractivity contribution in [3.05, 3.63) is 0 Å². The van der Waals surface area contributed by atoms with Gasteiger partial charge in [0.05, 0.1) is 0 Å². The number of hydrogen-bond acceptors (Lipinski definition) is 3. The average molecular weight is 281 g/mol. The maximum absolute atomic E-state index is 6.59. The molecule has 3 heteroatoms. The number of nitrogens with one attached hydrogen (secondary N) is 2. The van der Waals surface area contributed by atoms with Crippen molar-refractivity contribution in [2.24, 2.45) is 17.6 Å². The standard InChI is InChI=1S/C17H35N3/c1-3-6-14-7-5-10-19-12-17(18)11-15(4-2)16(9-8-14)20-13-17/h14-16,19-20H,3-13,18H2,1-2H3. The smallest absolute Gasteiger partial charge is 0.0410 e. The molecular formula is C17H35N3. The zero-order chi connectivity index (χ0) is 14.4. The predicted molar refractivity (Wildman–Crippen MR) is 86.8 cm³/mol. The van der Waals surface area contributed by atoms with Crippen LogP contribution in [0.5, 0.6) is 0 Å². The topological polar surface area (TPSA) is 50.1 Å². The van der Waals surface area contributed by atoms with Crippen LogP contribution in [-0.2, 0) is 0 Å². The van der Waals surface area contributed by atoms with Gasteiger partial charge >= 0.3 is 0 Å². The molecule has 3 saturated heterocycles. The van der Waals surface area contributed by atoms with Crippen LogP contribution in [0.3, 0.4) is 0 Å². The van der Waals surface area contributed by atoms with Crippen molar-refractivity contribution in [1.29, 1.82) is 0 Å². The first-order valence-electron chi connectivity index (χ1n) is 8.90. The van der Waals surface area contributed by atoms with E-state index in [2.05, 4.69) is 24.5 Å². The van der Waals surface area contributed by atoms with E-state index in [1.165, 1.54) is 51.4 Å². The Bertz CT molecular complexity index is 277. The van der Waals surface area contributed by atoms with E-state index in [-0.39, 0.29) is 5.54 Å². The Balaban J connectivity index is 1.99. The Morgan fingerprint density at radius 2 is 2.00 bits per heavy atom. The maximum atomic E-state index is 6.59. The van der Waals surface area contributed by atoms with Gasteiger partial charge in [0.1, 0.15) is 0 Å². The minimum atomic E-state index is -0.0286. The highest BCUT2D eigenvalue weighted by atomic mass is 15.0. The molecule has 3 rings (SSSR count). The van der Waals surface area contributed by atoms with Crippen LogP contribution >= 0.6 is 0 Å². The van der Waals surface area contributed by atoms with Gasteiger partial charge in [0.15, 0.2) is 0 Å². The van der Waals surface area contributed by atoms with E-state index in [1.54, 1.807) is 0 Å². The summed E-state index contributed by atoms with van der Waals surface area (Å²) in [5, 5.41) is 7.39. The molecule has 3 aliphatic rings. The van der Waals surface area contributed by atoms with E-state index in [4.69, 9.17) is 5.73 Å². The lowest BCUT2D eigenvalue weighted by atomic mass is 9.76. The van der Waals surface area contributed by atoms with Crippen molar-refractivity contribution in [2.45, 2.75) is 76.8 Å². The zero-order valence-electron chi connectivity index (χ0n) is 13.6. The van der Waals surface area contributed by atoms with Gasteiger partial charge in [-0.05, 0) is 50.5 Å². The van der Waals surface area contributed by atoms with Crippen molar-refractivity contribution < 1.29 is 0 Å². The maximum Gasteiger partial charge on any atom is 0.0410 e. The van der Waals surface area contributed by atoms with Gasteiger partial charge in [0.2, 0.25) is 0 Å². The molecule has 3 aliphatic heterocycles. The third-order valence-electron chi connectivity index (χ3n) is 5.50. The summed E-state index contributed by atoms with van der Waals surface area (Å²) in [6, 6.07) is 0.704. The van der Waals surface area contributed by atoms with E-state index >= 15 is 0 Å². The minimum absolute atomic E-state index is 0.0286. The van der Waals surface area contributed by atoms with Crippen LogP contribution in [0.2, 0.25) is 0 Å². The van der Waals surface area contributed by atoms with Gasteiger partial charge in [-0.3, -0.25) is 0 Å². The lowest BCUT2D eigenvalue weighted by Crippen LogP contribution is -2.63. The molecule has 0 saturated carbocycles. The van der Waals surface area contributed by atoms with Gasteiger partial charge in [-0.2, -0.15) is 0 Å². The van der Waals surface area contributed by atoms with Gasteiger partial charge in [-0.15, -0.1) is 0 Å². The molecule has 2 bridgehead atoms. The molecule has 0 aromatic rings. The zero-order valence-corrected chi connectivity index (χ0v) is 13.6. The number of piperidine rings is 1. The lowest BCUT2D eigenvalue weighted by Gasteiger charge is -2.44. The van der Waals surface area contributed by atoms with Gasteiger partial charge in [-0.1, -0.05) is 33.1 Å². The molecule has 3 nitrogen and oxygen atoms in total. The van der Waals surface area contributed by atoms with Crippen LogP contribution in [0.1, 0.15) is 65.2 Å². The van der Waals surface area contributed by atoms with E-state index in [0.717, 1.165) is 31.5 Å². The molecule has 3 fully saturated rings. The Kier molecular flexibility index (Phi) is 6.31. The van der Waals surface area contributed by atoms with E-state index < -0.39 is 0 Å². The number of rotatable bonds is 3. The van der Waals surface area contributed by atoms with E-state index in [9.17, 15) is 0 Å². The summed E-state index contributed by atoms with van der Waals surface area (Å²) in [5.41, 5.74) is 6.56. The quantitative estimate of drug-likeness (QED) is 0.745. The fraction of sp³-hybridized carbons (Fsp3) is 1.00. The Morgan fingerprint density at radius 1 is 1.15 bits per heavy atom. The van der Waals surface area contributed by atoms with Gasteiger partial charge in [-0.25, -0.2) is 0 Å². The molecule has 0 aliphatic carbocycles.